The van der Waals surface area contributed by atoms with Crippen LogP contribution in [0.5, 0.6) is 5.75 Å². The van der Waals surface area contributed by atoms with Gasteiger partial charge in [-0.15, -0.1) is 5.10 Å². The predicted molar refractivity (Wildman–Crippen MR) is 89.2 cm³/mol. The van der Waals surface area contributed by atoms with Gasteiger partial charge in [0.15, 0.2) is 0 Å². The van der Waals surface area contributed by atoms with Crippen LogP contribution in [0.25, 0.3) is 5.69 Å². The smallest absolute Gasteiger partial charge is 0.243 e. The van der Waals surface area contributed by atoms with Crippen LogP contribution in [0.3, 0.4) is 0 Å². The summed E-state index contributed by atoms with van der Waals surface area (Å²) < 4.78 is 6.91. The molecule has 1 amide bonds. The van der Waals surface area contributed by atoms with Crippen molar-refractivity contribution in [3.8, 4) is 11.4 Å². The standard InChI is InChI=1S/C17H24N4O3/c1-24-16-11-9-15(10-12-16)21-13-14(18-20-21)7-5-3-2-4-6-8-17(22)19-23/h9-13,23H,2-8H2,1H3,(H,19,22). The highest BCUT2D eigenvalue weighted by atomic mass is 16.5. The van der Waals surface area contributed by atoms with E-state index in [-0.39, 0.29) is 5.91 Å². The molecule has 130 valence electrons. The molecule has 0 radical (unpaired) electrons. The highest BCUT2D eigenvalue weighted by Gasteiger charge is 2.04. The first-order valence-electron chi connectivity index (χ1n) is 8.21. The molecule has 0 aliphatic heterocycles. The largest absolute Gasteiger partial charge is 0.497 e. The third-order valence-electron chi connectivity index (χ3n) is 3.84. The zero-order valence-corrected chi connectivity index (χ0v) is 13.9. The molecule has 0 spiro atoms. The number of amides is 1. The number of rotatable bonds is 10. The van der Waals surface area contributed by atoms with Crippen LogP contribution in [0.15, 0.2) is 30.5 Å². The van der Waals surface area contributed by atoms with E-state index in [1.165, 1.54) is 0 Å². The van der Waals surface area contributed by atoms with Gasteiger partial charge in [-0.1, -0.05) is 24.5 Å². The molecule has 0 bridgehead atoms. The zero-order chi connectivity index (χ0) is 17.2. The Labute approximate surface area is 141 Å². The zero-order valence-electron chi connectivity index (χ0n) is 13.9. The summed E-state index contributed by atoms with van der Waals surface area (Å²) in [5.74, 6) is 0.501. The average Bonchev–Trinajstić information content (AvgIpc) is 3.09. The minimum absolute atomic E-state index is 0.315. The van der Waals surface area contributed by atoms with Gasteiger partial charge < -0.3 is 4.74 Å². The van der Waals surface area contributed by atoms with Gasteiger partial charge in [0.2, 0.25) is 5.91 Å². The van der Waals surface area contributed by atoms with E-state index in [9.17, 15) is 4.79 Å². The normalized spacial score (nSPS) is 10.6. The van der Waals surface area contributed by atoms with Crippen LogP contribution in [-0.4, -0.2) is 33.2 Å². The van der Waals surface area contributed by atoms with E-state index in [2.05, 4.69) is 10.3 Å². The van der Waals surface area contributed by atoms with Gasteiger partial charge >= 0.3 is 0 Å². The molecule has 0 fully saturated rings. The number of hydroxylamine groups is 1. The Balaban J connectivity index is 1.67. The second-order valence-electron chi connectivity index (χ2n) is 5.66. The van der Waals surface area contributed by atoms with Crippen LogP contribution in [0.1, 0.15) is 44.2 Å². The minimum atomic E-state index is -0.315. The molecular weight excluding hydrogens is 308 g/mol. The molecule has 0 saturated heterocycles. The molecule has 1 aromatic carbocycles. The highest BCUT2D eigenvalue weighted by Crippen LogP contribution is 2.15. The Morgan fingerprint density at radius 1 is 1.17 bits per heavy atom. The van der Waals surface area contributed by atoms with Gasteiger partial charge in [-0.25, -0.2) is 10.2 Å². The molecule has 1 aromatic heterocycles. The van der Waals surface area contributed by atoms with Crippen molar-refractivity contribution in [2.45, 2.75) is 44.9 Å². The van der Waals surface area contributed by atoms with E-state index < -0.39 is 0 Å². The Kier molecular flexibility index (Phi) is 7.22. The van der Waals surface area contributed by atoms with E-state index in [4.69, 9.17) is 9.94 Å². The molecule has 1 heterocycles. The molecule has 0 unspecified atom stereocenters. The summed E-state index contributed by atoms with van der Waals surface area (Å²) in [6.45, 7) is 0. The van der Waals surface area contributed by atoms with Crippen LogP contribution in [-0.2, 0) is 11.2 Å². The Bertz CT molecular complexity index is 625. The number of nitrogens with one attached hydrogen (secondary N) is 1. The quantitative estimate of drug-likeness (QED) is 0.397. The molecule has 2 aromatic rings. The first kappa shape index (κ1) is 17.9. The van der Waals surface area contributed by atoms with E-state index >= 15 is 0 Å². The Morgan fingerprint density at radius 3 is 2.58 bits per heavy atom. The summed E-state index contributed by atoms with van der Waals surface area (Å²) in [6, 6.07) is 7.68. The van der Waals surface area contributed by atoms with E-state index in [1.807, 2.05) is 30.5 Å². The maximum atomic E-state index is 10.9. The number of hydrogen-bond acceptors (Lipinski definition) is 5. The second kappa shape index (κ2) is 9.67. The number of carbonyl (C=O) groups is 1. The third kappa shape index (κ3) is 5.66. The van der Waals surface area contributed by atoms with Crippen LogP contribution >= 0.6 is 0 Å². The second-order valence-corrected chi connectivity index (χ2v) is 5.66. The molecule has 0 saturated carbocycles. The van der Waals surface area contributed by atoms with Crippen LogP contribution < -0.4 is 10.2 Å². The molecule has 0 aliphatic carbocycles. The summed E-state index contributed by atoms with van der Waals surface area (Å²) in [6.07, 6.45) is 8.24. The van der Waals surface area contributed by atoms with Crippen molar-refractivity contribution in [2.24, 2.45) is 0 Å². The Morgan fingerprint density at radius 2 is 1.88 bits per heavy atom. The topological polar surface area (TPSA) is 89.3 Å². The van der Waals surface area contributed by atoms with Gasteiger partial charge in [-0.2, -0.15) is 0 Å². The number of hydrogen-bond donors (Lipinski definition) is 2. The minimum Gasteiger partial charge on any atom is -0.497 e. The van der Waals surface area contributed by atoms with E-state index in [0.29, 0.717) is 6.42 Å². The summed E-state index contributed by atoms with van der Waals surface area (Å²) in [5, 5.41) is 16.8. The number of aromatic nitrogens is 3. The maximum Gasteiger partial charge on any atom is 0.243 e. The molecule has 0 aliphatic rings. The van der Waals surface area contributed by atoms with Crippen molar-refractivity contribution in [3.05, 3.63) is 36.2 Å². The molecule has 24 heavy (non-hydrogen) atoms. The monoisotopic (exact) mass is 332 g/mol. The van der Waals surface area contributed by atoms with Crippen molar-refractivity contribution < 1.29 is 14.7 Å². The fourth-order valence-corrected chi connectivity index (χ4v) is 2.45. The number of nitrogens with zero attached hydrogens (tertiary/aromatic N) is 3. The van der Waals surface area contributed by atoms with Crippen LogP contribution in [0.2, 0.25) is 0 Å². The number of carbonyl (C=O) groups excluding carboxylic acids is 1. The fraction of sp³-hybridized carbons (Fsp3) is 0.471. The van der Waals surface area contributed by atoms with Crippen molar-refractivity contribution >= 4 is 5.91 Å². The lowest BCUT2D eigenvalue weighted by atomic mass is 10.1. The number of ether oxygens (including phenoxy) is 1. The summed E-state index contributed by atoms with van der Waals surface area (Å²) >= 11 is 0. The lowest BCUT2D eigenvalue weighted by Gasteiger charge is -2.02. The molecular formula is C17H24N4O3. The average molecular weight is 332 g/mol. The fourth-order valence-electron chi connectivity index (χ4n) is 2.45. The molecule has 2 N–H and O–H groups in total. The van der Waals surface area contributed by atoms with Gasteiger partial charge in [0, 0.05) is 6.42 Å². The van der Waals surface area contributed by atoms with Crippen molar-refractivity contribution in [1.82, 2.24) is 20.5 Å². The molecule has 0 atom stereocenters. The van der Waals surface area contributed by atoms with Crippen molar-refractivity contribution in [1.29, 1.82) is 0 Å². The molecule has 7 heteroatoms. The number of unbranched alkanes of at least 4 members (excludes halogenated alkanes) is 4. The number of aryl methyl sites for hydroxylation is 1. The highest BCUT2D eigenvalue weighted by molar-refractivity contribution is 5.74. The van der Waals surface area contributed by atoms with Gasteiger partial charge in [-0.05, 0) is 43.5 Å². The lowest BCUT2D eigenvalue weighted by molar-refractivity contribution is -0.129. The number of benzene rings is 1. The summed E-state index contributed by atoms with van der Waals surface area (Å²) in [7, 11) is 1.64. The lowest BCUT2D eigenvalue weighted by Crippen LogP contribution is -2.17. The Hall–Kier alpha value is -2.41. The van der Waals surface area contributed by atoms with Gasteiger partial charge in [0.1, 0.15) is 5.75 Å². The van der Waals surface area contributed by atoms with Gasteiger partial charge in [0.05, 0.1) is 24.7 Å². The van der Waals surface area contributed by atoms with E-state index in [1.54, 1.807) is 17.3 Å². The van der Waals surface area contributed by atoms with Crippen LogP contribution in [0.4, 0.5) is 0 Å². The third-order valence-corrected chi connectivity index (χ3v) is 3.84. The number of methoxy groups -OCH3 is 1. The molecule has 2 rings (SSSR count). The first-order chi connectivity index (χ1) is 11.7. The van der Waals surface area contributed by atoms with Gasteiger partial charge in [-0.3, -0.25) is 10.0 Å². The van der Waals surface area contributed by atoms with Gasteiger partial charge in [0.25, 0.3) is 0 Å². The van der Waals surface area contributed by atoms with Crippen molar-refractivity contribution in [2.75, 3.05) is 7.11 Å². The van der Waals surface area contributed by atoms with Crippen molar-refractivity contribution in [3.63, 3.8) is 0 Å². The predicted octanol–water partition coefficient (Wildman–Crippen LogP) is 2.66. The SMILES string of the molecule is COc1ccc(-n2cc(CCCCCCCC(=O)NO)nn2)cc1. The maximum absolute atomic E-state index is 10.9. The first-order valence-corrected chi connectivity index (χ1v) is 8.21. The summed E-state index contributed by atoms with van der Waals surface area (Å²) in [4.78, 5) is 10.9. The van der Waals surface area contributed by atoms with E-state index in [0.717, 1.165) is 55.7 Å². The molecule has 7 nitrogen and oxygen atoms in total. The summed E-state index contributed by atoms with van der Waals surface area (Å²) in [5.41, 5.74) is 3.58. The van der Waals surface area contributed by atoms with Crippen LogP contribution in [0, 0.1) is 0 Å².